The Morgan fingerprint density at radius 1 is 1.24 bits per heavy atom. The molecule has 112 valence electrons. The van der Waals surface area contributed by atoms with Gasteiger partial charge in [0.1, 0.15) is 5.03 Å². The maximum absolute atomic E-state index is 13.2. The minimum absolute atomic E-state index is 0.122. The normalized spacial score (nSPS) is 11.7. The molecule has 1 N–H and O–H groups in total. The van der Waals surface area contributed by atoms with Crippen molar-refractivity contribution in [1.29, 1.82) is 0 Å². The van der Waals surface area contributed by atoms with E-state index in [0.717, 1.165) is 17.8 Å². The van der Waals surface area contributed by atoms with Crippen molar-refractivity contribution in [3.8, 4) is 0 Å². The summed E-state index contributed by atoms with van der Waals surface area (Å²) in [5, 5.41) is 3.75. The zero-order chi connectivity index (χ0) is 15.5. The Balaban J connectivity index is 2.35. The molecule has 0 saturated carbocycles. The van der Waals surface area contributed by atoms with E-state index in [1.165, 1.54) is 12.3 Å². The van der Waals surface area contributed by atoms with Crippen LogP contribution in [-0.4, -0.2) is 12.0 Å². The first kappa shape index (κ1) is 16.1. The van der Waals surface area contributed by atoms with Crippen LogP contribution in [0.4, 0.5) is 13.2 Å². The zero-order valence-corrected chi connectivity index (χ0v) is 12.6. The second-order valence-corrected chi connectivity index (χ2v) is 5.77. The van der Waals surface area contributed by atoms with Gasteiger partial charge in [-0.05, 0) is 36.9 Å². The molecule has 0 bridgehead atoms. The highest BCUT2D eigenvalue weighted by atomic mass is 35.5. The van der Waals surface area contributed by atoms with E-state index in [1.807, 2.05) is 0 Å². The zero-order valence-electron chi connectivity index (χ0n) is 11.0. The van der Waals surface area contributed by atoms with Crippen LogP contribution in [0.5, 0.6) is 0 Å². The van der Waals surface area contributed by atoms with Gasteiger partial charge in [0.2, 0.25) is 0 Å². The number of hydrogen-bond acceptors (Lipinski definition) is 3. The van der Waals surface area contributed by atoms with Gasteiger partial charge in [0, 0.05) is 17.6 Å². The van der Waals surface area contributed by atoms with E-state index in [2.05, 4.69) is 10.3 Å². The molecule has 7 heteroatoms. The van der Waals surface area contributed by atoms with Crippen LogP contribution in [0.25, 0.3) is 0 Å². The molecule has 0 amide bonds. The Morgan fingerprint density at radius 2 is 2.00 bits per heavy atom. The van der Waals surface area contributed by atoms with Crippen LogP contribution in [-0.2, 0) is 12.7 Å². The van der Waals surface area contributed by atoms with Crippen molar-refractivity contribution in [1.82, 2.24) is 10.3 Å². The average Bonchev–Trinajstić information content (AvgIpc) is 2.42. The standard InChI is InChI=1S/C14H12ClF3N2S/c1-19-7-9-2-4-12(11(6-9)14(16,17)18)21-13-5-3-10(15)8-20-13/h2-6,8,19H,7H2,1H3. The van der Waals surface area contributed by atoms with Gasteiger partial charge in [-0.15, -0.1) is 0 Å². The number of halogens is 4. The third-order valence-corrected chi connectivity index (χ3v) is 3.90. The van der Waals surface area contributed by atoms with Crippen molar-refractivity contribution >= 4 is 23.4 Å². The van der Waals surface area contributed by atoms with Gasteiger partial charge in [0.25, 0.3) is 0 Å². The van der Waals surface area contributed by atoms with Crippen molar-refractivity contribution in [2.45, 2.75) is 22.6 Å². The Morgan fingerprint density at radius 3 is 2.57 bits per heavy atom. The second kappa shape index (κ2) is 6.68. The SMILES string of the molecule is CNCc1ccc(Sc2ccc(Cl)cn2)c(C(F)(F)F)c1. The van der Waals surface area contributed by atoms with Gasteiger partial charge >= 0.3 is 6.18 Å². The maximum Gasteiger partial charge on any atom is 0.417 e. The fourth-order valence-corrected chi connectivity index (χ4v) is 2.74. The van der Waals surface area contributed by atoms with Crippen LogP contribution in [0.15, 0.2) is 46.5 Å². The van der Waals surface area contributed by atoms with Gasteiger partial charge in [-0.25, -0.2) is 4.98 Å². The molecule has 1 heterocycles. The number of alkyl halides is 3. The van der Waals surface area contributed by atoms with E-state index < -0.39 is 11.7 Å². The largest absolute Gasteiger partial charge is 0.417 e. The van der Waals surface area contributed by atoms with Crippen molar-refractivity contribution in [2.75, 3.05) is 7.05 Å². The molecular formula is C14H12ClF3N2S. The summed E-state index contributed by atoms with van der Waals surface area (Å²) in [7, 11) is 1.69. The molecule has 0 unspecified atom stereocenters. The van der Waals surface area contributed by atoms with E-state index in [0.29, 0.717) is 22.2 Å². The van der Waals surface area contributed by atoms with E-state index in [9.17, 15) is 13.2 Å². The van der Waals surface area contributed by atoms with Crippen molar-refractivity contribution in [3.05, 3.63) is 52.7 Å². The second-order valence-electron chi connectivity index (χ2n) is 4.28. The lowest BCUT2D eigenvalue weighted by Crippen LogP contribution is -2.10. The minimum atomic E-state index is -4.40. The maximum atomic E-state index is 13.2. The first-order valence-corrected chi connectivity index (χ1v) is 7.23. The molecule has 0 radical (unpaired) electrons. The summed E-state index contributed by atoms with van der Waals surface area (Å²) in [5.74, 6) is 0. The topological polar surface area (TPSA) is 24.9 Å². The molecule has 2 nitrogen and oxygen atoms in total. The highest BCUT2D eigenvalue weighted by Gasteiger charge is 2.34. The summed E-state index contributed by atoms with van der Waals surface area (Å²) in [6.45, 7) is 0.382. The Kier molecular flexibility index (Phi) is 5.13. The summed E-state index contributed by atoms with van der Waals surface area (Å²) >= 11 is 6.68. The number of nitrogens with one attached hydrogen (secondary N) is 1. The Labute approximate surface area is 129 Å². The molecule has 0 aliphatic heterocycles. The van der Waals surface area contributed by atoms with Crippen LogP contribution >= 0.6 is 23.4 Å². The highest BCUT2D eigenvalue weighted by molar-refractivity contribution is 7.99. The van der Waals surface area contributed by atoms with E-state index in [1.54, 1.807) is 25.2 Å². The molecule has 0 fully saturated rings. The lowest BCUT2D eigenvalue weighted by Gasteiger charge is -2.14. The molecule has 1 aromatic heterocycles. The molecule has 0 aliphatic carbocycles. The molecule has 0 spiro atoms. The number of rotatable bonds is 4. The minimum Gasteiger partial charge on any atom is -0.316 e. The van der Waals surface area contributed by atoms with Crippen LogP contribution in [0.3, 0.4) is 0 Å². The first-order chi connectivity index (χ1) is 9.90. The highest BCUT2D eigenvalue weighted by Crippen LogP contribution is 2.39. The summed E-state index contributed by atoms with van der Waals surface area (Å²) in [6.07, 6.45) is -3.00. The van der Waals surface area contributed by atoms with E-state index in [4.69, 9.17) is 11.6 Å². The number of nitrogens with zero attached hydrogens (tertiary/aromatic N) is 1. The molecular weight excluding hydrogens is 321 g/mol. The first-order valence-electron chi connectivity index (χ1n) is 6.04. The number of aromatic nitrogens is 1. The number of hydrogen-bond donors (Lipinski definition) is 1. The fraction of sp³-hybridized carbons (Fsp3) is 0.214. The molecule has 2 rings (SSSR count). The van der Waals surface area contributed by atoms with Gasteiger partial charge in [0.15, 0.2) is 0 Å². The summed E-state index contributed by atoms with van der Waals surface area (Å²) in [5.41, 5.74) is -0.0739. The summed E-state index contributed by atoms with van der Waals surface area (Å²) in [4.78, 5) is 4.13. The quantitative estimate of drug-likeness (QED) is 0.884. The predicted octanol–water partition coefficient (Wildman–Crippen LogP) is 4.62. The lowest BCUT2D eigenvalue weighted by molar-refractivity contribution is -0.139. The average molecular weight is 333 g/mol. The molecule has 1 aromatic carbocycles. The number of pyridine rings is 1. The van der Waals surface area contributed by atoms with Crippen LogP contribution in [0, 0.1) is 0 Å². The van der Waals surface area contributed by atoms with Gasteiger partial charge in [0.05, 0.1) is 10.6 Å². The molecule has 21 heavy (non-hydrogen) atoms. The van der Waals surface area contributed by atoms with Gasteiger partial charge < -0.3 is 5.32 Å². The molecule has 2 aromatic rings. The smallest absolute Gasteiger partial charge is 0.316 e. The summed E-state index contributed by atoms with van der Waals surface area (Å²) in [6, 6.07) is 7.49. The van der Waals surface area contributed by atoms with Crippen molar-refractivity contribution < 1.29 is 13.2 Å². The van der Waals surface area contributed by atoms with Gasteiger partial charge in [-0.1, -0.05) is 29.4 Å². The van der Waals surface area contributed by atoms with E-state index >= 15 is 0 Å². The van der Waals surface area contributed by atoms with Crippen LogP contribution in [0.2, 0.25) is 5.02 Å². The van der Waals surface area contributed by atoms with Crippen LogP contribution in [0.1, 0.15) is 11.1 Å². The molecule has 0 aliphatic rings. The number of benzene rings is 1. The molecule has 0 saturated heterocycles. The lowest BCUT2D eigenvalue weighted by atomic mass is 10.1. The monoisotopic (exact) mass is 332 g/mol. The third-order valence-electron chi connectivity index (χ3n) is 2.65. The van der Waals surface area contributed by atoms with Gasteiger partial charge in [-0.2, -0.15) is 13.2 Å². The predicted molar refractivity (Wildman–Crippen MR) is 77.6 cm³/mol. The Bertz CT molecular complexity index is 615. The third kappa shape index (κ3) is 4.36. The van der Waals surface area contributed by atoms with E-state index in [-0.39, 0.29) is 4.90 Å². The Hall–Kier alpha value is -1.24. The van der Waals surface area contributed by atoms with Crippen molar-refractivity contribution in [3.63, 3.8) is 0 Å². The van der Waals surface area contributed by atoms with Crippen molar-refractivity contribution in [2.24, 2.45) is 0 Å². The van der Waals surface area contributed by atoms with Gasteiger partial charge in [-0.3, -0.25) is 0 Å². The summed E-state index contributed by atoms with van der Waals surface area (Å²) < 4.78 is 39.5. The van der Waals surface area contributed by atoms with Crippen LogP contribution < -0.4 is 5.32 Å². The fourth-order valence-electron chi connectivity index (χ4n) is 1.74. The molecule has 0 atom stereocenters.